The lowest BCUT2D eigenvalue weighted by Crippen LogP contribution is -2.24. The second-order valence-electron chi connectivity index (χ2n) is 5.51. The summed E-state index contributed by atoms with van der Waals surface area (Å²) in [7, 11) is 1.57. The molecule has 0 radical (unpaired) electrons. The minimum atomic E-state index is -0.339. The monoisotopic (exact) mass is 434 g/mol. The lowest BCUT2D eigenvalue weighted by molar-refractivity contribution is -0.123. The Balaban J connectivity index is 1.94. The lowest BCUT2D eigenvalue weighted by atomic mass is 10.1. The van der Waals surface area contributed by atoms with E-state index < -0.39 is 0 Å². The van der Waals surface area contributed by atoms with Crippen LogP contribution in [0.1, 0.15) is 25.0 Å². The molecule has 2 aromatic carbocycles. The molecule has 0 atom stereocenters. The van der Waals surface area contributed by atoms with E-state index in [1.54, 1.807) is 13.2 Å². The van der Waals surface area contributed by atoms with E-state index in [0.717, 1.165) is 22.0 Å². The number of carbonyl (C=O) groups excluding carboxylic acids is 1. The molecule has 0 heterocycles. The van der Waals surface area contributed by atoms with Gasteiger partial charge in [0.15, 0.2) is 18.1 Å². The molecule has 0 aliphatic carbocycles. The number of carbonyl (C=O) groups is 1. The number of hydrogen-bond donors (Lipinski definition) is 1. The molecule has 0 aliphatic heterocycles. The summed E-state index contributed by atoms with van der Waals surface area (Å²) in [6.07, 6.45) is 2.37. The van der Waals surface area contributed by atoms with Crippen molar-refractivity contribution >= 4 is 28.1 Å². The fourth-order valence-electron chi connectivity index (χ4n) is 2.39. The number of amides is 1. The molecule has 27 heavy (non-hydrogen) atoms. The Hall–Kier alpha value is -2.54. The molecule has 7 heteroatoms. The van der Waals surface area contributed by atoms with Gasteiger partial charge in [-0.15, -0.1) is 0 Å². The van der Waals surface area contributed by atoms with Crippen molar-refractivity contribution in [2.75, 3.05) is 20.3 Å². The number of halogens is 1. The van der Waals surface area contributed by atoms with Crippen molar-refractivity contribution in [2.24, 2.45) is 5.10 Å². The van der Waals surface area contributed by atoms with Crippen LogP contribution in [0.3, 0.4) is 0 Å². The van der Waals surface area contributed by atoms with Crippen molar-refractivity contribution in [1.29, 1.82) is 0 Å². The predicted octanol–water partition coefficient (Wildman–Crippen LogP) is 3.95. The van der Waals surface area contributed by atoms with Crippen LogP contribution in [0.25, 0.3) is 0 Å². The molecular weight excluding hydrogens is 412 g/mol. The molecule has 144 valence electrons. The molecule has 0 saturated carbocycles. The Labute approximate surface area is 167 Å². The summed E-state index contributed by atoms with van der Waals surface area (Å²) < 4.78 is 17.2. The zero-order valence-electron chi connectivity index (χ0n) is 15.6. The molecule has 0 bridgehead atoms. The highest BCUT2D eigenvalue weighted by Crippen LogP contribution is 2.36. The van der Waals surface area contributed by atoms with Crippen molar-refractivity contribution in [3.05, 3.63) is 52.0 Å². The molecule has 1 amide bonds. The van der Waals surface area contributed by atoms with Crippen LogP contribution in [0.15, 0.2) is 46.0 Å². The number of aryl methyl sites for hydroxylation is 1. The molecule has 0 fully saturated rings. The zero-order chi connectivity index (χ0) is 19.6. The largest absolute Gasteiger partial charge is 0.493 e. The van der Waals surface area contributed by atoms with Gasteiger partial charge in [-0.05, 0) is 58.6 Å². The predicted molar refractivity (Wildman–Crippen MR) is 109 cm³/mol. The maximum atomic E-state index is 11.9. The van der Waals surface area contributed by atoms with Gasteiger partial charge in [-0.2, -0.15) is 5.10 Å². The Kier molecular flexibility index (Phi) is 8.13. The number of nitrogens with zero attached hydrogens (tertiary/aromatic N) is 1. The number of hydrogen-bond acceptors (Lipinski definition) is 5. The fraction of sp³-hybridized carbons (Fsp3) is 0.300. The maximum absolute atomic E-state index is 11.9. The molecular formula is C20H23BrN2O4. The minimum Gasteiger partial charge on any atom is -0.493 e. The van der Waals surface area contributed by atoms with Crippen LogP contribution in [-0.4, -0.2) is 32.4 Å². The molecule has 0 spiro atoms. The summed E-state index contributed by atoms with van der Waals surface area (Å²) in [5.74, 6) is 1.58. The first-order chi connectivity index (χ1) is 13.1. The number of rotatable bonds is 9. The Morgan fingerprint density at radius 2 is 1.96 bits per heavy atom. The average molecular weight is 435 g/mol. The summed E-state index contributed by atoms with van der Waals surface area (Å²) in [5.41, 5.74) is 4.26. The maximum Gasteiger partial charge on any atom is 0.277 e. The first-order valence-corrected chi connectivity index (χ1v) is 9.41. The topological polar surface area (TPSA) is 69.2 Å². The van der Waals surface area contributed by atoms with E-state index in [1.807, 2.05) is 44.2 Å². The van der Waals surface area contributed by atoms with Gasteiger partial charge in [0.2, 0.25) is 0 Å². The smallest absolute Gasteiger partial charge is 0.277 e. The molecule has 1 N–H and O–H groups in total. The van der Waals surface area contributed by atoms with Gasteiger partial charge in [-0.1, -0.05) is 25.1 Å². The Morgan fingerprint density at radius 3 is 2.67 bits per heavy atom. The fourth-order valence-corrected chi connectivity index (χ4v) is 2.96. The Bertz CT molecular complexity index is 809. The van der Waals surface area contributed by atoms with E-state index in [1.165, 1.54) is 6.21 Å². The van der Waals surface area contributed by atoms with E-state index >= 15 is 0 Å². The third-order valence-corrected chi connectivity index (χ3v) is 4.24. The molecule has 0 unspecified atom stereocenters. The van der Waals surface area contributed by atoms with Crippen LogP contribution >= 0.6 is 15.9 Å². The van der Waals surface area contributed by atoms with Crippen molar-refractivity contribution in [2.45, 2.75) is 20.3 Å². The molecule has 0 aliphatic rings. The number of para-hydroxylation sites is 1. The van der Waals surface area contributed by atoms with Crippen molar-refractivity contribution < 1.29 is 19.0 Å². The van der Waals surface area contributed by atoms with E-state index in [0.29, 0.717) is 23.9 Å². The highest BCUT2D eigenvalue weighted by molar-refractivity contribution is 9.10. The van der Waals surface area contributed by atoms with Crippen LogP contribution < -0.4 is 19.6 Å². The molecule has 0 aromatic heterocycles. The second kappa shape index (κ2) is 10.6. The quantitative estimate of drug-likeness (QED) is 0.479. The zero-order valence-corrected chi connectivity index (χ0v) is 17.2. The third-order valence-electron chi connectivity index (χ3n) is 3.66. The summed E-state index contributed by atoms with van der Waals surface area (Å²) >= 11 is 3.45. The van der Waals surface area contributed by atoms with Gasteiger partial charge in [-0.25, -0.2) is 5.43 Å². The number of ether oxygens (including phenoxy) is 3. The van der Waals surface area contributed by atoms with Gasteiger partial charge in [0.1, 0.15) is 5.75 Å². The molecule has 0 saturated heterocycles. The van der Waals surface area contributed by atoms with Crippen molar-refractivity contribution in [3.8, 4) is 17.2 Å². The van der Waals surface area contributed by atoms with E-state index in [2.05, 4.69) is 26.5 Å². The van der Waals surface area contributed by atoms with Crippen LogP contribution in [0.2, 0.25) is 0 Å². The van der Waals surface area contributed by atoms with E-state index in [4.69, 9.17) is 14.2 Å². The highest BCUT2D eigenvalue weighted by Gasteiger charge is 2.10. The van der Waals surface area contributed by atoms with Gasteiger partial charge in [0.25, 0.3) is 5.91 Å². The summed E-state index contributed by atoms with van der Waals surface area (Å²) in [6.45, 7) is 4.36. The van der Waals surface area contributed by atoms with E-state index in [-0.39, 0.29) is 12.5 Å². The molecule has 2 rings (SSSR count). The standard InChI is InChI=1S/C20H23BrN2O4/c1-4-15-8-6-7-9-17(15)27-13-19(24)23-22-12-14-10-16(21)20(26-5-2)18(11-14)25-3/h6-12H,4-5,13H2,1-3H3,(H,23,24)/b22-12+. The summed E-state index contributed by atoms with van der Waals surface area (Å²) in [6, 6.07) is 11.2. The van der Waals surface area contributed by atoms with E-state index in [9.17, 15) is 4.79 Å². The number of benzene rings is 2. The minimum absolute atomic E-state index is 0.107. The van der Waals surface area contributed by atoms with Gasteiger partial charge in [0.05, 0.1) is 24.4 Å². The van der Waals surface area contributed by atoms with Crippen molar-refractivity contribution in [3.63, 3.8) is 0 Å². The van der Waals surface area contributed by atoms with Crippen LogP contribution in [0.4, 0.5) is 0 Å². The lowest BCUT2D eigenvalue weighted by Gasteiger charge is -2.12. The molecule has 6 nitrogen and oxygen atoms in total. The first kappa shape index (κ1) is 20.8. The van der Waals surface area contributed by atoms with Crippen LogP contribution in [0.5, 0.6) is 17.2 Å². The number of nitrogens with one attached hydrogen (secondary N) is 1. The van der Waals surface area contributed by atoms with Crippen LogP contribution in [0, 0.1) is 0 Å². The first-order valence-electron chi connectivity index (χ1n) is 8.61. The normalized spacial score (nSPS) is 10.7. The van der Waals surface area contributed by atoms with Crippen molar-refractivity contribution in [1.82, 2.24) is 5.43 Å². The summed E-state index contributed by atoms with van der Waals surface area (Å²) in [5, 5.41) is 3.97. The van der Waals surface area contributed by atoms with Gasteiger partial charge < -0.3 is 14.2 Å². The van der Waals surface area contributed by atoms with Gasteiger partial charge >= 0.3 is 0 Å². The van der Waals surface area contributed by atoms with Crippen LogP contribution in [-0.2, 0) is 11.2 Å². The number of methoxy groups -OCH3 is 1. The second-order valence-corrected chi connectivity index (χ2v) is 6.36. The van der Waals surface area contributed by atoms with Gasteiger partial charge in [0, 0.05) is 0 Å². The summed E-state index contributed by atoms with van der Waals surface area (Å²) in [4.78, 5) is 11.9. The SMILES string of the molecule is CCOc1c(Br)cc(/C=N/NC(=O)COc2ccccc2CC)cc1OC. The molecule has 2 aromatic rings. The average Bonchev–Trinajstić information content (AvgIpc) is 2.68. The number of hydrazone groups is 1. The highest BCUT2D eigenvalue weighted by atomic mass is 79.9. The Morgan fingerprint density at radius 1 is 1.19 bits per heavy atom. The van der Waals surface area contributed by atoms with Gasteiger partial charge in [-0.3, -0.25) is 4.79 Å². The third kappa shape index (κ3) is 5.99.